The Balaban J connectivity index is 2.43. The number of carbonyl (C=O) groups is 2. The van der Waals surface area contributed by atoms with E-state index in [4.69, 9.17) is 10.8 Å². The Kier molecular flexibility index (Phi) is 4.93. The number of aliphatic carboxylic acids is 1. The lowest BCUT2D eigenvalue weighted by molar-refractivity contribution is -0.143. The van der Waals surface area contributed by atoms with Gasteiger partial charge >= 0.3 is 5.97 Å². The monoisotopic (exact) mass is 242 g/mol. The molecule has 1 amide bonds. The van der Waals surface area contributed by atoms with Crippen molar-refractivity contribution in [1.29, 1.82) is 0 Å². The quantitative estimate of drug-likeness (QED) is 0.657. The molecule has 17 heavy (non-hydrogen) atoms. The summed E-state index contributed by atoms with van der Waals surface area (Å²) in [6.45, 7) is 3.87. The molecule has 3 unspecified atom stereocenters. The summed E-state index contributed by atoms with van der Waals surface area (Å²) in [6.07, 6.45) is 2.67. The summed E-state index contributed by atoms with van der Waals surface area (Å²) in [5.74, 6) is -1.63. The first kappa shape index (κ1) is 14.0. The van der Waals surface area contributed by atoms with Crippen molar-refractivity contribution in [3.63, 3.8) is 0 Å². The molecule has 0 aromatic rings. The van der Waals surface area contributed by atoms with E-state index in [1.54, 1.807) is 0 Å². The molecule has 0 spiro atoms. The second kappa shape index (κ2) is 6.00. The standard InChI is InChI=1S/C12H22N2O3/c1-7(2)9(12(16)17)6-14-11(15)8-4-3-5-10(8)13/h7-10H,3-6,13H2,1-2H3,(H,14,15)(H,16,17). The van der Waals surface area contributed by atoms with Crippen molar-refractivity contribution >= 4 is 11.9 Å². The van der Waals surface area contributed by atoms with Crippen LogP contribution in [0.3, 0.4) is 0 Å². The average Bonchev–Trinajstić information content (AvgIpc) is 2.63. The van der Waals surface area contributed by atoms with E-state index in [9.17, 15) is 9.59 Å². The smallest absolute Gasteiger partial charge is 0.308 e. The summed E-state index contributed by atoms with van der Waals surface area (Å²) in [6, 6.07) is -0.0719. The highest BCUT2D eigenvalue weighted by molar-refractivity contribution is 5.80. The predicted molar refractivity (Wildman–Crippen MR) is 64.3 cm³/mol. The SMILES string of the molecule is CC(C)C(CNC(=O)C1CCCC1N)C(=O)O. The number of carboxylic acid groups (broad SMARTS) is 1. The molecule has 1 rings (SSSR count). The topological polar surface area (TPSA) is 92.4 Å². The number of amides is 1. The molecule has 1 fully saturated rings. The van der Waals surface area contributed by atoms with E-state index in [1.165, 1.54) is 0 Å². The van der Waals surface area contributed by atoms with Gasteiger partial charge in [-0.15, -0.1) is 0 Å². The van der Waals surface area contributed by atoms with Crippen molar-refractivity contribution < 1.29 is 14.7 Å². The van der Waals surface area contributed by atoms with Crippen LogP contribution in [0.2, 0.25) is 0 Å². The van der Waals surface area contributed by atoms with Gasteiger partial charge in [0.05, 0.1) is 11.8 Å². The fourth-order valence-electron chi connectivity index (χ4n) is 2.26. The first-order valence-electron chi connectivity index (χ1n) is 6.19. The predicted octanol–water partition coefficient (Wildman–Crippen LogP) is 0.587. The molecule has 4 N–H and O–H groups in total. The van der Waals surface area contributed by atoms with Crippen LogP contribution in [-0.2, 0) is 9.59 Å². The normalized spacial score (nSPS) is 25.9. The lowest BCUT2D eigenvalue weighted by Gasteiger charge is -2.19. The van der Waals surface area contributed by atoms with E-state index >= 15 is 0 Å². The van der Waals surface area contributed by atoms with Crippen LogP contribution in [0.5, 0.6) is 0 Å². The second-order valence-corrected chi connectivity index (χ2v) is 5.14. The van der Waals surface area contributed by atoms with E-state index in [2.05, 4.69) is 5.32 Å². The van der Waals surface area contributed by atoms with Gasteiger partial charge in [0.1, 0.15) is 0 Å². The van der Waals surface area contributed by atoms with Gasteiger partial charge in [0.25, 0.3) is 0 Å². The Morgan fingerprint density at radius 3 is 2.47 bits per heavy atom. The molecule has 3 atom stereocenters. The van der Waals surface area contributed by atoms with Crippen molar-refractivity contribution in [2.75, 3.05) is 6.54 Å². The number of hydrogen-bond acceptors (Lipinski definition) is 3. The van der Waals surface area contributed by atoms with Gasteiger partial charge in [-0.1, -0.05) is 20.3 Å². The van der Waals surface area contributed by atoms with Crippen LogP contribution in [0.1, 0.15) is 33.1 Å². The van der Waals surface area contributed by atoms with Crippen LogP contribution in [-0.4, -0.2) is 29.6 Å². The van der Waals surface area contributed by atoms with Crippen molar-refractivity contribution in [3.8, 4) is 0 Å². The van der Waals surface area contributed by atoms with Gasteiger partial charge < -0.3 is 16.2 Å². The highest BCUT2D eigenvalue weighted by Gasteiger charge is 2.31. The van der Waals surface area contributed by atoms with Crippen LogP contribution in [0.4, 0.5) is 0 Å². The van der Waals surface area contributed by atoms with Gasteiger partial charge in [-0.25, -0.2) is 0 Å². The molecule has 5 heteroatoms. The lowest BCUT2D eigenvalue weighted by atomic mass is 9.95. The fourth-order valence-corrected chi connectivity index (χ4v) is 2.26. The molecule has 98 valence electrons. The lowest BCUT2D eigenvalue weighted by Crippen LogP contribution is -2.42. The number of carbonyl (C=O) groups excluding carboxylic acids is 1. The Bertz CT molecular complexity index is 291. The number of rotatable bonds is 5. The first-order valence-corrected chi connectivity index (χ1v) is 6.19. The average molecular weight is 242 g/mol. The maximum absolute atomic E-state index is 11.8. The molecule has 1 saturated carbocycles. The largest absolute Gasteiger partial charge is 0.481 e. The molecule has 0 aliphatic heterocycles. The Morgan fingerprint density at radius 1 is 1.41 bits per heavy atom. The van der Waals surface area contributed by atoms with Crippen LogP contribution in [0.15, 0.2) is 0 Å². The Morgan fingerprint density at radius 2 is 2.06 bits per heavy atom. The first-order chi connectivity index (χ1) is 7.93. The van der Waals surface area contributed by atoms with Gasteiger partial charge in [0.2, 0.25) is 5.91 Å². The van der Waals surface area contributed by atoms with Crippen molar-refractivity contribution in [2.24, 2.45) is 23.5 Å². The van der Waals surface area contributed by atoms with Gasteiger partial charge in [-0.05, 0) is 18.8 Å². The zero-order chi connectivity index (χ0) is 13.0. The Labute approximate surface area is 102 Å². The number of hydrogen-bond donors (Lipinski definition) is 3. The second-order valence-electron chi connectivity index (χ2n) is 5.14. The van der Waals surface area contributed by atoms with Crippen molar-refractivity contribution in [3.05, 3.63) is 0 Å². The van der Waals surface area contributed by atoms with E-state index < -0.39 is 11.9 Å². The number of carboxylic acids is 1. The van der Waals surface area contributed by atoms with E-state index in [1.807, 2.05) is 13.8 Å². The summed E-state index contributed by atoms with van der Waals surface area (Å²) in [7, 11) is 0. The zero-order valence-corrected chi connectivity index (χ0v) is 10.5. The molecule has 5 nitrogen and oxygen atoms in total. The van der Waals surface area contributed by atoms with Crippen LogP contribution in [0, 0.1) is 17.8 Å². The minimum absolute atomic E-state index is 0.00468. The molecule has 0 radical (unpaired) electrons. The Hall–Kier alpha value is -1.10. The molecule has 0 bridgehead atoms. The highest BCUT2D eigenvalue weighted by Crippen LogP contribution is 2.24. The molecule has 0 saturated heterocycles. The van der Waals surface area contributed by atoms with Gasteiger partial charge in [-0.3, -0.25) is 9.59 Å². The third-order valence-corrected chi connectivity index (χ3v) is 3.52. The molecule has 0 aromatic heterocycles. The molecular weight excluding hydrogens is 220 g/mol. The maximum Gasteiger partial charge on any atom is 0.308 e. The fraction of sp³-hybridized carbons (Fsp3) is 0.833. The third-order valence-electron chi connectivity index (χ3n) is 3.52. The molecule has 1 aliphatic rings. The van der Waals surface area contributed by atoms with Gasteiger partial charge in [-0.2, -0.15) is 0 Å². The summed E-state index contributed by atoms with van der Waals surface area (Å²) in [4.78, 5) is 22.8. The van der Waals surface area contributed by atoms with Crippen molar-refractivity contribution in [1.82, 2.24) is 5.32 Å². The van der Waals surface area contributed by atoms with Crippen LogP contribution < -0.4 is 11.1 Å². The third kappa shape index (κ3) is 3.70. The van der Waals surface area contributed by atoms with Gasteiger partial charge in [0, 0.05) is 12.6 Å². The molecule has 1 aliphatic carbocycles. The number of nitrogens with one attached hydrogen (secondary N) is 1. The summed E-state index contributed by atoms with van der Waals surface area (Å²) in [5.41, 5.74) is 5.83. The van der Waals surface area contributed by atoms with Crippen LogP contribution in [0.25, 0.3) is 0 Å². The van der Waals surface area contributed by atoms with E-state index in [0.717, 1.165) is 19.3 Å². The maximum atomic E-state index is 11.8. The highest BCUT2D eigenvalue weighted by atomic mass is 16.4. The zero-order valence-electron chi connectivity index (χ0n) is 10.5. The summed E-state index contributed by atoms with van der Waals surface area (Å²) >= 11 is 0. The minimum atomic E-state index is -0.865. The summed E-state index contributed by atoms with van der Waals surface area (Å²) < 4.78 is 0. The summed E-state index contributed by atoms with van der Waals surface area (Å²) in [5, 5.41) is 11.7. The van der Waals surface area contributed by atoms with Crippen LogP contribution >= 0.6 is 0 Å². The molecule has 0 aromatic carbocycles. The van der Waals surface area contributed by atoms with Gasteiger partial charge in [0.15, 0.2) is 0 Å². The van der Waals surface area contributed by atoms with Crippen molar-refractivity contribution in [2.45, 2.75) is 39.2 Å². The minimum Gasteiger partial charge on any atom is -0.481 e. The van der Waals surface area contributed by atoms with E-state index in [-0.39, 0.29) is 30.3 Å². The molecule has 0 heterocycles. The molecular formula is C12H22N2O3. The van der Waals surface area contributed by atoms with E-state index in [0.29, 0.717) is 0 Å². The number of nitrogens with two attached hydrogens (primary N) is 1.